The minimum atomic E-state index is -1.24. The van der Waals surface area contributed by atoms with E-state index in [1.165, 1.54) is 14.0 Å². The molecule has 0 radical (unpaired) electrons. The number of carboxylic acid groups (broad SMARTS) is 1. The van der Waals surface area contributed by atoms with Gasteiger partial charge in [-0.05, 0) is 0 Å². The van der Waals surface area contributed by atoms with Crippen LogP contribution < -0.4 is 5.11 Å². The third-order valence-electron chi connectivity index (χ3n) is 0.904. The number of rotatable bonds is 2. The van der Waals surface area contributed by atoms with E-state index < -0.39 is 5.97 Å². The molecule has 0 aromatic rings. The summed E-state index contributed by atoms with van der Waals surface area (Å²) in [5.74, 6) is -1.52. The molecule has 0 aromatic carbocycles. The number of nitrogens with zero attached hydrogens (tertiary/aromatic N) is 1. The molecule has 1 amide bonds. The third kappa shape index (κ3) is 4.96. The SMILES string of the molecule is CC(=O)N(C)CC(=O)[O-].[CH3+]. The number of aliphatic carboxylic acids is 1. The number of carboxylic acids is 1. The summed E-state index contributed by atoms with van der Waals surface area (Å²) < 4.78 is 0. The number of amides is 1. The van der Waals surface area contributed by atoms with Crippen molar-refractivity contribution in [2.45, 2.75) is 6.92 Å². The highest BCUT2D eigenvalue weighted by Crippen LogP contribution is 1.79. The normalized spacial score (nSPS) is 7.80. The summed E-state index contributed by atoms with van der Waals surface area (Å²) in [5, 5.41) is 9.81. The fourth-order valence-corrected chi connectivity index (χ4v) is 0.305. The average molecular weight is 145 g/mol. The Balaban J connectivity index is 0. The first-order valence-corrected chi connectivity index (χ1v) is 2.45. The van der Waals surface area contributed by atoms with Gasteiger partial charge < -0.3 is 14.8 Å². The van der Waals surface area contributed by atoms with E-state index in [-0.39, 0.29) is 19.9 Å². The summed E-state index contributed by atoms with van der Waals surface area (Å²) >= 11 is 0. The smallest absolute Gasteiger partial charge is 0.219 e. The minimum Gasteiger partial charge on any atom is -0.548 e. The van der Waals surface area contributed by atoms with Crippen LogP contribution >= 0.6 is 0 Å². The fraction of sp³-hybridized carbons (Fsp3) is 0.500. The summed E-state index contributed by atoms with van der Waals surface area (Å²) in [4.78, 5) is 21.2. The van der Waals surface area contributed by atoms with Crippen molar-refractivity contribution in [3.8, 4) is 0 Å². The maximum absolute atomic E-state index is 10.3. The van der Waals surface area contributed by atoms with Gasteiger partial charge in [0.15, 0.2) is 0 Å². The van der Waals surface area contributed by atoms with Crippen LogP contribution in [-0.4, -0.2) is 30.4 Å². The zero-order valence-corrected chi connectivity index (χ0v) is 6.38. The van der Waals surface area contributed by atoms with Crippen LogP contribution in [0, 0.1) is 7.43 Å². The van der Waals surface area contributed by atoms with Gasteiger partial charge in [0.2, 0.25) is 5.91 Å². The highest BCUT2D eigenvalue weighted by atomic mass is 16.4. The number of hydrogen-bond donors (Lipinski definition) is 0. The van der Waals surface area contributed by atoms with Crippen LogP contribution in [0.2, 0.25) is 0 Å². The molecule has 0 rings (SSSR count). The monoisotopic (exact) mass is 145 g/mol. The predicted octanol–water partition coefficient (Wildman–Crippen LogP) is -1.34. The maximum Gasteiger partial charge on any atom is 0.219 e. The number of likely N-dealkylation sites (N-methyl/N-ethyl adjacent to an activating group) is 1. The van der Waals surface area contributed by atoms with Gasteiger partial charge in [-0.15, -0.1) is 0 Å². The van der Waals surface area contributed by atoms with Gasteiger partial charge in [0.1, 0.15) is 0 Å². The second kappa shape index (κ2) is 4.67. The highest BCUT2D eigenvalue weighted by Gasteiger charge is 1.99. The van der Waals surface area contributed by atoms with Crippen LogP contribution in [0.1, 0.15) is 6.92 Å². The summed E-state index contributed by atoms with van der Waals surface area (Å²) in [5.41, 5.74) is 0. The molecule has 0 N–H and O–H groups in total. The molecule has 0 aliphatic carbocycles. The van der Waals surface area contributed by atoms with E-state index in [4.69, 9.17) is 0 Å². The van der Waals surface area contributed by atoms with Gasteiger partial charge >= 0.3 is 0 Å². The second-order valence-corrected chi connectivity index (χ2v) is 1.75. The van der Waals surface area contributed by atoms with Crippen LogP contribution in [0.15, 0.2) is 0 Å². The molecular formula is C6H11NO3. The Morgan fingerprint density at radius 3 is 2.00 bits per heavy atom. The number of carbonyl (C=O) groups excluding carboxylic acids is 2. The van der Waals surface area contributed by atoms with E-state index in [9.17, 15) is 14.7 Å². The van der Waals surface area contributed by atoms with E-state index >= 15 is 0 Å². The van der Waals surface area contributed by atoms with E-state index in [1.54, 1.807) is 0 Å². The lowest BCUT2D eigenvalue weighted by Gasteiger charge is -2.14. The van der Waals surface area contributed by atoms with Crippen LogP contribution in [0.25, 0.3) is 0 Å². The lowest BCUT2D eigenvalue weighted by atomic mass is 10.5. The first kappa shape index (κ1) is 11.6. The number of hydrogen-bond acceptors (Lipinski definition) is 3. The first-order valence-electron chi connectivity index (χ1n) is 2.45. The minimum absolute atomic E-state index is 0. The molecule has 0 fully saturated rings. The Labute approximate surface area is 60.4 Å². The van der Waals surface area contributed by atoms with Gasteiger partial charge in [-0.25, -0.2) is 0 Å². The standard InChI is InChI=1S/C5H9NO3.CH3/c1-4(7)6(2)3-5(8)9;/h3H2,1-2H3,(H,8,9);1H3/q;+1/p-1. The van der Waals surface area contributed by atoms with E-state index in [0.717, 1.165) is 4.90 Å². The molecular weight excluding hydrogens is 134 g/mol. The molecule has 0 atom stereocenters. The fourth-order valence-electron chi connectivity index (χ4n) is 0.305. The zero-order chi connectivity index (χ0) is 7.44. The molecule has 10 heavy (non-hydrogen) atoms. The van der Waals surface area contributed by atoms with Crippen molar-refractivity contribution in [3.63, 3.8) is 0 Å². The molecule has 4 nitrogen and oxygen atoms in total. The largest absolute Gasteiger partial charge is 0.548 e. The quantitative estimate of drug-likeness (QED) is 0.452. The summed E-state index contributed by atoms with van der Waals surface area (Å²) in [6, 6.07) is 0. The zero-order valence-electron chi connectivity index (χ0n) is 6.38. The molecule has 0 heterocycles. The molecule has 0 aliphatic heterocycles. The van der Waals surface area contributed by atoms with Gasteiger partial charge in [-0.3, -0.25) is 4.79 Å². The van der Waals surface area contributed by atoms with Gasteiger partial charge in [0.05, 0.1) is 12.5 Å². The van der Waals surface area contributed by atoms with Gasteiger partial charge in [0, 0.05) is 21.4 Å². The van der Waals surface area contributed by atoms with E-state index in [1.807, 2.05) is 0 Å². The van der Waals surface area contributed by atoms with Crippen molar-refractivity contribution in [2.24, 2.45) is 0 Å². The van der Waals surface area contributed by atoms with Crippen molar-refractivity contribution in [1.82, 2.24) is 4.90 Å². The van der Waals surface area contributed by atoms with E-state index in [2.05, 4.69) is 0 Å². The second-order valence-electron chi connectivity index (χ2n) is 1.75. The van der Waals surface area contributed by atoms with Crippen LogP contribution in [0.4, 0.5) is 0 Å². The summed E-state index contributed by atoms with van der Waals surface area (Å²) in [6.45, 7) is 0.957. The van der Waals surface area contributed by atoms with Gasteiger partial charge in [-0.2, -0.15) is 0 Å². The number of carbonyl (C=O) groups is 2. The van der Waals surface area contributed by atoms with Crippen molar-refractivity contribution in [3.05, 3.63) is 7.43 Å². The van der Waals surface area contributed by atoms with Crippen molar-refractivity contribution >= 4 is 11.9 Å². The molecule has 58 valence electrons. The molecule has 0 saturated heterocycles. The van der Waals surface area contributed by atoms with Gasteiger partial charge in [0.25, 0.3) is 0 Å². The van der Waals surface area contributed by atoms with Crippen molar-refractivity contribution < 1.29 is 14.7 Å². The van der Waals surface area contributed by atoms with E-state index in [0.29, 0.717) is 0 Å². The molecule has 0 saturated carbocycles. The Morgan fingerprint density at radius 1 is 1.50 bits per heavy atom. The van der Waals surface area contributed by atoms with Crippen molar-refractivity contribution in [2.75, 3.05) is 13.6 Å². The van der Waals surface area contributed by atoms with Crippen molar-refractivity contribution in [1.29, 1.82) is 0 Å². The van der Waals surface area contributed by atoms with Gasteiger partial charge in [-0.1, -0.05) is 0 Å². The van der Waals surface area contributed by atoms with Crippen LogP contribution in [0.5, 0.6) is 0 Å². The Morgan fingerprint density at radius 2 is 1.90 bits per heavy atom. The highest BCUT2D eigenvalue weighted by molar-refractivity contribution is 5.78. The summed E-state index contributed by atoms with van der Waals surface area (Å²) in [6.07, 6.45) is 0. The Kier molecular flexibility index (Phi) is 5.41. The molecule has 0 spiro atoms. The molecule has 0 bridgehead atoms. The van der Waals surface area contributed by atoms with Crippen LogP contribution in [0.3, 0.4) is 0 Å². The lowest BCUT2D eigenvalue weighted by molar-refractivity contribution is -0.305. The Bertz CT molecular complexity index is 133. The molecule has 0 aromatic heterocycles. The Hall–Kier alpha value is -1.19. The topological polar surface area (TPSA) is 60.4 Å². The predicted molar refractivity (Wildman–Crippen MR) is 34.7 cm³/mol. The average Bonchev–Trinajstić information content (AvgIpc) is 1.63. The summed E-state index contributed by atoms with van der Waals surface area (Å²) in [7, 11) is 1.40. The molecule has 0 unspecified atom stereocenters. The third-order valence-corrected chi connectivity index (χ3v) is 0.904. The first-order chi connectivity index (χ1) is 4.04. The maximum atomic E-state index is 10.3. The molecule has 4 heteroatoms. The lowest BCUT2D eigenvalue weighted by Crippen LogP contribution is -2.38. The molecule has 0 aliphatic rings. The van der Waals surface area contributed by atoms with Crippen LogP contribution in [-0.2, 0) is 9.59 Å².